The molecule has 0 bridgehead atoms. The highest BCUT2D eigenvalue weighted by atomic mass is 35.5. The predicted molar refractivity (Wildman–Crippen MR) is 77.8 cm³/mol. The number of aromatic nitrogens is 2. The Balaban J connectivity index is 2.29. The van der Waals surface area contributed by atoms with E-state index in [-0.39, 0.29) is 5.56 Å². The largest absolute Gasteiger partial charge is 0.365 e. The van der Waals surface area contributed by atoms with Crippen molar-refractivity contribution in [2.45, 2.75) is 32.7 Å². The normalized spacial score (nSPS) is 15.3. The third-order valence-electron chi connectivity index (χ3n) is 3.73. The summed E-state index contributed by atoms with van der Waals surface area (Å²) < 4.78 is 1.55. The zero-order chi connectivity index (χ0) is 13.8. The lowest BCUT2D eigenvalue weighted by Gasteiger charge is -2.27. The molecule has 5 nitrogen and oxygen atoms in total. The van der Waals surface area contributed by atoms with Gasteiger partial charge in [-0.25, -0.2) is 4.68 Å². The molecule has 1 fully saturated rings. The molecule has 1 heterocycles. The van der Waals surface area contributed by atoms with Crippen molar-refractivity contribution >= 4 is 17.3 Å². The van der Waals surface area contributed by atoms with Gasteiger partial charge in [0.1, 0.15) is 5.69 Å². The molecule has 6 heteroatoms. The minimum Gasteiger partial charge on any atom is -0.365 e. The maximum absolute atomic E-state index is 12.5. The predicted octanol–water partition coefficient (Wildman–Crippen LogP) is 1.48. The maximum atomic E-state index is 12.5. The molecule has 0 spiro atoms. The van der Waals surface area contributed by atoms with E-state index in [9.17, 15) is 4.79 Å². The molecule has 0 unspecified atom stereocenters. The van der Waals surface area contributed by atoms with Crippen LogP contribution in [0.25, 0.3) is 0 Å². The maximum Gasteiger partial charge on any atom is 0.291 e. The van der Waals surface area contributed by atoms with E-state index in [4.69, 9.17) is 17.3 Å². The lowest BCUT2D eigenvalue weighted by atomic mass is 9.85. The van der Waals surface area contributed by atoms with Crippen LogP contribution < -0.4 is 16.2 Å². The Morgan fingerprint density at radius 1 is 1.58 bits per heavy atom. The van der Waals surface area contributed by atoms with Gasteiger partial charge in [-0.3, -0.25) is 4.79 Å². The van der Waals surface area contributed by atoms with E-state index < -0.39 is 0 Å². The molecular weight excluding hydrogens is 264 g/mol. The number of halogens is 1. The van der Waals surface area contributed by atoms with Crippen LogP contribution in [-0.2, 0) is 6.54 Å². The van der Waals surface area contributed by atoms with Gasteiger partial charge in [-0.15, -0.1) is 0 Å². The number of hydrogen-bond acceptors (Lipinski definition) is 4. The highest BCUT2D eigenvalue weighted by Gasteiger charge is 2.21. The van der Waals surface area contributed by atoms with E-state index in [1.807, 2.05) is 11.8 Å². The second kappa shape index (κ2) is 6.39. The van der Waals surface area contributed by atoms with Gasteiger partial charge in [-0.1, -0.05) is 18.0 Å². The van der Waals surface area contributed by atoms with Gasteiger partial charge in [-0.2, -0.15) is 5.10 Å². The fourth-order valence-corrected chi connectivity index (χ4v) is 2.62. The fourth-order valence-electron chi connectivity index (χ4n) is 2.38. The van der Waals surface area contributed by atoms with Crippen LogP contribution in [0.5, 0.6) is 0 Å². The smallest absolute Gasteiger partial charge is 0.291 e. The van der Waals surface area contributed by atoms with E-state index in [0.717, 1.165) is 0 Å². The number of hydrogen-bond donors (Lipinski definition) is 1. The topological polar surface area (TPSA) is 64.2 Å². The van der Waals surface area contributed by atoms with Gasteiger partial charge in [0.2, 0.25) is 0 Å². The summed E-state index contributed by atoms with van der Waals surface area (Å²) in [4.78, 5) is 14.4. The molecule has 0 atom stereocenters. The Bertz CT molecular complexity index is 484. The molecule has 1 aliphatic rings. The van der Waals surface area contributed by atoms with E-state index >= 15 is 0 Å². The minimum absolute atomic E-state index is 0.102. The summed E-state index contributed by atoms with van der Waals surface area (Å²) in [6.07, 6.45) is 5.20. The Hall–Kier alpha value is -1.07. The van der Waals surface area contributed by atoms with Gasteiger partial charge in [0, 0.05) is 26.2 Å². The standard InChI is InChI=1S/C13H21ClN4O/c1-2-17(7-6-15)12-11(14)8-16-18(13(12)19)9-10-4-3-5-10/h8,10H,2-7,9,15H2,1H3. The Labute approximate surface area is 118 Å². The molecule has 0 aliphatic heterocycles. The first-order chi connectivity index (χ1) is 9.17. The Morgan fingerprint density at radius 2 is 2.32 bits per heavy atom. The summed E-state index contributed by atoms with van der Waals surface area (Å²) in [6, 6.07) is 0. The number of anilines is 1. The molecule has 19 heavy (non-hydrogen) atoms. The van der Waals surface area contributed by atoms with E-state index in [1.165, 1.54) is 19.3 Å². The van der Waals surface area contributed by atoms with Crippen molar-refractivity contribution in [3.05, 3.63) is 21.6 Å². The number of rotatable bonds is 6. The van der Waals surface area contributed by atoms with Crippen LogP contribution in [0, 0.1) is 5.92 Å². The van der Waals surface area contributed by atoms with Gasteiger partial charge < -0.3 is 10.6 Å². The van der Waals surface area contributed by atoms with E-state index in [2.05, 4.69) is 5.10 Å². The number of likely N-dealkylation sites (N-methyl/N-ethyl adjacent to an activating group) is 1. The second-order valence-electron chi connectivity index (χ2n) is 4.99. The molecule has 1 aromatic heterocycles. The molecule has 0 radical (unpaired) electrons. The average molecular weight is 285 g/mol. The molecule has 1 aliphatic carbocycles. The molecule has 0 saturated heterocycles. The zero-order valence-electron chi connectivity index (χ0n) is 11.3. The van der Waals surface area contributed by atoms with Crippen LogP contribution in [0.15, 0.2) is 11.0 Å². The van der Waals surface area contributed by atoms with Gasteiger partial charge in [0.15, 0.2) is 0 Å². The quantitative estimate of drug-likeness (QED) is 0.859. The molecule has 106 valence electrons. The third kappa shape index (κ3) is 3.09. The van der Waals surface area contributed by atoms with Crippen molar-refractivity contribution in [1.29, 1.82) is 0 Å². The molecular formula is C13H21ClN4O. The molecule has 2 N–H and O–H groups in total. The van der Waals surface area contributed by atoms with Crippen molar-refractivity contribution in [2.24, 2.45) is 11.7 Å². The van der Waals surface area contributed by atoms with Crippen molar-refractivity contribution in [2.75, 3.05) is 24.5 Å². The lowest BCUT2D eigenvalue weighted by molar-refractivity contribution is 0.262. The van der Waals surface area contributed by atoms with Crippen LogP contribution >= 0.6 is 11.6 Å². The van der Waals surface area contributed by atoms with Crippen molar-refractivity contribution in [3.8, 4) is 0 Å². The summed E-state index contributed by atoms with van der Waals surface area (Å²) in [5.74, 6) is 0.587. The van der Waals surface area contributed by atoms with Crippen LogP contribution in [-0.4, -0.2) is 29.4 Å². The van der Waals surface area contributed by atoms with E-state index in [1.54, 1.807) is 10.9 Å². The number of nitrogens with zero attached hydrogens (tertiary/aromatic N) is 3. The van der Waals surface area contributed by atoms with E-state index in [0.29, 0.717) is 42.8 Å². The summed E-state index contributed by atoms with van der Waals surface area (Å²) in [6.45, 7) is 4.51. The van der Waals surface area contributed by atoms with Crippen LogP contribution in [0.3, 0.4) is 0 Å². The fraction of sp³-hybridized carbons (Fsp3) is 0.692. The minimum atomic E-state index is -0.102. The van der Waals surface area contributed by atoms with Gasteiger partial charge >= 0.3 is 0 Å². The summed E-state index contributed by atoms with van der Waals surface area (Å²) >= 11 is 6.14. The summed E-state index contributed by atoms with van der Waals surface area (Å²) in [5.41, 5.74) is 6.01. The highest BCUT2D eigenvalue weighted by molar-refractivity contribution is 6.33. The second-order valence-corrected chi connectivity index (χ2v) is 5.40. The molecule has 1 saturated carbocycles. The molecule has 0 amide bonds. The highest BCUT2D eigenvalue weighted by Crippen LogP contribution is 2.27. The van der Waals surface area contributed by atoms with Crippen molar-refractivity contribution in [3.63, 3.8) is 0 Å². The van der Waals surface area contributed by atoms with Gasteiger partial charge in [0.25, 0.3) is 5.56 Å². The van der Waals surface area contributed by atoms with Gasteiger partial charge in [-0.05, 0) is 25.7 Å². The van der Waals surface area contributed by atoms with Gasteiger partial charge in [0.05, 0.1) is 11.2 Å². The van der Waals surface area contributed by atoms with Crippen molar-refractivity contribution in [1.82, 2.24) is 9.78 Å². The summed E-state index contributed by atoms with van der Waals surface area (Å²) in [7, 11) is 0. The van der Waals surface area contributed by atoms with Crippen LogP contribution in [0.4, 0.5) is 5.69 Å². The first-order valence-corrected chi connectivity index (χ1v) is 7.25. The Kier molecular flexibility index (Phi) is 4.82. The third-order valence-corrected chi connectivity index (χ3v) is 4.00. The molecule has 2 rings (SSSR count). The van der Waals surface area contributed by atoms with Crippen LogP contribution in [0.2, 0.25) is 5.02 Å². The SMILES string of the molecule is CCN(CCN)c1c(Cl)cnn(CC2CCC2)c1=O. The van der Waals surface area contributed by atoms with Crippen molar-refractivity contribution < 1.29 is 0 Å². The Morgan fingerprint density at radius 3 is 2.84 bits per heavy atom. The monoisotopic (exact) mass is 284 g/mol. The molecule has 0 aromatic carbocycles. The zero-order valence-corrected chi connectivity index (χ0v) is 12.1. The first-order valence-electron chi connectivity index (χ1n) is 6.88. The lowest BCUT2D eigenvalue weighted by Crippen LogP contribution is -2.37. The molecule has 1 aromatic rings. The van der Waals surface area contributed by atoms with Crippen LogP contribution in [0.1, 0.15) is 26.2 Å². The number of nitrogens with two attached hydrogens (primary N) is 1. The first kappa shape index (κ1) is 14.3. The average Bonchev–Trinajstić information content (AvgIpc) is 2.34. The summed E-state index contributed by atoms with van der Waals surface area (Å²) in [5, 5.41) is 4.56.